The third kappa shape index (κ3) is 11.6. The molecule has 4 heteroatoms. The first-order valence-electron chi connectivity index (χ1n) is 14.0. The van der Waals surface area contributed by atoms with Crippen molar-refractivity contribution in [1.29, 1.82) is 0 Å². The van der Waals surface area contributed by atoms with E-state index in [0.717, 1.165) is 47.5 Å². The number of hydrogen-bond donors (Lipinski definition) is 1. The first-order valence-corrected chi connectivity index (χ1v) is 14.0. The Morgan fingerprint density at radius 3 is 1.50 bits per heavy atom. The maximum Gasteiger partial charge on any atom is 0.341 e. The van der Waals surface area contributed by atoms with Crippen LogP contribution in [0, 0.1) is 20.8 Å². The van der Waals surface area contributed by atoms with E-state index in [1.54, 1.807) is 0 Å². The summed E-state index contributed by atoms with van der Waals surface area (Å²) in [6, 6.07) is 0. The molecule has 0 aliphatic heterocycles. The number of benzene rings is 1. The summed E-state index contributed by atoms with van der Waals surface area (Å²) in [7, 11) is 0. The Kier molecular flexibility index (Phi) is 16.6. The lowest BCUT2D eigenvalue weighted by atomic mass is 9.96. The van der Waals surface area contributed by atoms with E-state index >= 15 is 0 Å². The first kappa shape index (κ1) is 30.3. The highest BCUT2D eigenvalue weighted by molar-refractivity contribution is 5.69. The van der Waals surface area contributed by atoms with E-state index in [0.29, 0.717) is 5.75 Å². The molecule has 0 spiro atoms. The van der Waals surface area contributed by atoms with E-state index in [2.05, 4.69) is 13.8 Å². The number of aliphatic carboxylic acids is 1. The molecule has 0 heterocycles. The Morgan fingerprint density at radius 2 is 1.06 bits per heavy atom. The van der Waals surface area contributed by atoms with Crippen molar-refractivity contribution in [2.24, 2.45) is 0 Å². The molecule has 0 bridgehead atoms. The van der Waals surface area contributed by atoms with Gasteiger partial charge in [0.15, 0.2) is 6.61 Å². The summed E-state index contributed by atoms with van der Waals surface area (Å²) in [5.41, 5.74) is 4.16. The SMILES string of the molecule is CCCCCCCCCCCCCCCCCOc1c(C)c(C)c(OCC(=O)O)c(C)c1CC. The van der Waals surface area contributed by atoms with Gasteiger partial charge in [-0.25, -0.2) is 4.79 Å². The fourth-order valence-electron chi connectivity index (χ4n) is 4.77. The highest BCUT2D eigenvalue weighted by Crippen LogP contribution is 2.38. The molecule has 196 valence electrons. The largest absolute Gasteiger partial charge is 0.493 e. The van der Waals surface area contributed by atoms with Gasteiger partial charge in [0.05, 0.1) is 6.61 Å². The molecule has 4 nitrogen and oxygen atoms in total. The normalized spacial score (nSPS) is 11.1. The van der Waals surface area contributed by atoms with Gasteiger partial charge < -0.3 is 14.6 Å². The molecular formula is C30H52O4. The quantitative estimate of drug-likeness (QED) is 0.180. The minimum absolute atomic E-state index is 0.316. The van der Waals surface area contributed by atoms with Crippen LogP contribution in [0.1, 0.15) is 132 Å². The van der Waals surface area contributed by atoms with Crippen LogP contribution in [0.15, 0.2) is 0 Å². The molecule has 0 amide bonds. The molecule has 0 saturated heterocycles. The molecule has 0 aliphatic rings. The molecule has 0 aliphatic carbocycles. The lowest BCUT2D eigenvalue weighted by Gasteiger charge is -2.21. The Hall–Kier alpha value is -1.71. The fourth-order valence-corrected chi connectivity index (χ4v) is 4.77. The summed E-state index contributed by atoms with van der Waals surface area (Å²) in [4.78, 5) is 10.9. The summed E-state index contributed by atoms with van der Waals surface area (Å²) in [6.45, 7) is 10.8. The van der Waals surface area contributed by atoms with E-state index in [1.807, 2.05) is 20.8 Å². The number of ether oxygens (including phenoxy) is 2. The predicted octanol–water partition coefficient (Wildman–Crippen LogP) is 8.89. The zero-order chi connectivity index (χ0) is 25.2. The zero-order valence-electron chi connectivity index (χ0n) is 22.9. The van der Waals surface area contributed by atoms with E-state index in [9.17, 15) is 4.79 Å². The number of hydrogen-bond acceptors (Lipinski definition) is 3. The number of carboxylic acid groups (broad SMARTS) is 1. The molecule has 1 rings (SSSR count). The number of unbranched alkanes of at least 4 members (excludes halogenated alkanes) is 14. The summed E-state index contributed by atoms with van der Waals surface area (Å²) in [5.74, 6) is 0.699. The molecule has 0 radical (unpaired) electrons. The van der Waals surface area contributed by atoms with Crippen LogP contribution in [0.2, 0.25) is 0 Å². The van der Waals surface area contributed by atoms with Crippen LogP contribution in [0.5, 0.6) is 11.5 Å². The zero-order valence-corrected chi connectivity index (χ0v) is 22.9. The summed E-state index contributed by atoms with van der Waals surface area (Å²) in [6.07, 6.45) is 21.2. The van der Waals surface area contributed by atoms with Gasteiger partial charge in [-0.05, 0) is 50.3 Å². The van der Waals surface area contributed by atoms with Gasteiger partial charge in [0.1, 0.15) is 11.5 Å². The average Bonchev–Trinajstić information content (AvgIpc) is 2.81. The number of rotatable bonds is 21. The molecule has 0 fully saturated rings. The predicted molar refractivity (Wildman–Crippen MR) is 144 cm³/mol. The molecule has 1 aromatic carbocycles. The highest BCUT2D eigenvalue weighted by atomic mass is 16.5. The Labute approximate surface area is 209 Å². The van der Waals surface area contributed by atoms with Crippen LogP contribution in [0.3, 0.4) is 0 Å². The van der Waals surface area contributed by atoms with Gasteiger partial charge in [-0.2, -0.15) is 0 Å². The lowest BCUT2D eigenvalue weighted by Crippen LogP contribution is -2.13. The van der Waals surface area contributed by atoms with E-state index in [-0.39, 0.29) is 6.61 Å². The molecule has 1 N–H and O–H groups in total. The van der Waals surface area contributed by atoms with Gasteiger partial charge in [-0.3, -0.25) is 0 Å². The van der Waals surface area contributed by atoms with Gasteiger partial charge in [0, 0.05) is 5.56 Å². The Morgan fingerprint density at radius 1 is 0.618 bits per heavy atom. The van der Waals surface area contributed by atoms with Crippen molar-refractivity contribution in [2.45, 2.75) is 137 Å². The van der Waals surface area contributed by atoms with Gasteiger partial charge in [-0.1, -0.05) is 104 Å². The van der Waals surface area contributed by atoms with Gasteiger partial charge in [0.25, 0.3) is 0 Å². The summed E-state index contributed by atoms with van der Waals surface area (Å²) < 4.78 is 11.8. The summed E-state index contributed by atoms with van der Waals surface area (Å²) in [5, 5.41) is 8.97. The molecule has 0 unspecified atom stereocenters. The molecule has 0 atom stereocenters. The Balaban J connectivity index is 2.22. The first-order chi connectivity index (χ1) is 16.4. The average molecular weight is 477 g/mol. The van der Waals surface area contributed by atoms with E-state index in [4.69, 9.17) is 14.6 Å². The molecular weight excluding hydrogens is 424 g/mol. The van der Waals surface area contributed by atoms with E-state index in [1.165, 1.54) is 89.9 Å². The minimum atomic E-state index is -0.956. The van der Waals surface area contributed by atoms with Crippen molar-refractivity contribution in [3.05, 3.63) is 22.3 Å². The lowest BCUT2D eigenvalue weighted by molar-refractivity contribution is -0.139. The monoisotopic (exact) mass is 476 g/mol. The minimum Gasteiger partial charge on any atom is -0.493 e. The Bertz CT molecular complexity index is 696. The van der Waals surface area contributed by atoms with Crippen LogP contribution in [-0.4, -0.2) is 24.3 Å². The topological polar surface area (TPSA) is 55.8 Å². The van der Waals surface area contributed by atoms with Crippen LogP contribution in [0.25, 0.3) is 0 Å². The van der Waals surface area contributed by atoms with Crippen LogP contribution >= 0.6 is 0 Å². The van der Waals surface area contributed by atoms with Crippen molar-refractivity contribution >= 4 is 5.97 Å². The second-order valence-electron chi connectivity index (χ2n) is 9.85. The van der Waals surface area contributed by atoms with Crippen molar-refractivity contribution in [3.63, 3.8) is 0 Å². The fraction of sp³-hybridized carbons (Fsp3) is 0.767. The van der Waals surface area contributed by atoms with Crippen molar-refractivity contribution in [1.82, 2.24) is 0 Å². The molecule has 34 heavy (non-hydrogen) atoms. The van der Waals surface area contributed by atoms with Crippen LogP contribution in [-0.2, 0) is 11.2 Å². The van der Waals surface area contributed by atoms with Crippen molar-refractivity contribution < 1.29 is 19.4 Å². The smallest absolute Gasteiger partial charge is 0.341 e. The second-order valence-corrected chi connectivity index (χ2v) is 9.85. The summed E-state index contributed by atoms with van der Waals surface area (Å²) >= 11 is 0. The molecule has 1 aromatic rings. The van der Waals surface area contributed by atoms with E-state index < -0.39 is 5.97 Å². The molecule has 0 saturated carbocycles. The molecule has 0 aromatic heterocycles. The number of carbonyl (C=O) groups is 1. The maximum absolute atomic E-state index is 10.9. The second kappa shape index (κ2) is 18.6. The van der Waals surface area contributed by atoms with Gasteiger partial charge >= 0.3 is 5.97 Å². The maximum atomic E-state index is 10.9. The number of carboxylic acids is 1. The standard InChI is InChI=1S/C30H52O4/c1-6-8-9-10-11-12-13-14-15-16-17-18-19-20-21-22-33-30-25(4)24(3)29(34-23-28(31)32)26(5)27(30)7-2/h6-23H2,1-5H3,(H,31,32). The van der Waals surface area contributed by atoms with Crippen LogP contribution in [0.4, 0.5) is 0 Å². The third-order valence-electron chi connectivity index (χ3n) is 7.00. The third-order valence-corrected chi connectivity index (χ3v) is 7.00. The van der Waals surface area contributed by atoms with Crippen molar-refractivity contribution in [3.8, 4) is 11.5 Å². The van der Waals surface area contributed by atoms with Gasteiger partial charge in [0.2, 0.25) is 0 Å². The van der Waals surface area contributed by atoms with Gasteiger partial charge in [-0.15, -0.1) is 0 Å². The van der Waals surface area contributed by atoms with Crippen LogP contribution < -0.4 is 9.47 Å². The highest BCUT2D eigenvalue weighted by Gasteiger charge is 2.19. The van der Waals surface area contributed by atoms with Crippen molar-refractivity contribution in [2.75, 3.05) is 13.2 Å².